The van der Waals surface area contributed by atoms with Gasteiger partial charge in [0.1, 0.15) is 13.2 Å². The normalized spacial score (nSPS) is 12.9. The SMILES string of the molecule is COc1cc(/C=C/C(=O)OCC(=O)NCCC(C)C)cc2c1OCCO2. The lowest BCUT2D eigenvalue weighted by Crippen LogP contribution is -2.29. The fourth-order valence-electron chi connectivity index (χ4n) is 2.29. The standard InChI is InChI=1S/C19H25NO6/c1-13(2)6-7-20-17(21)12-26-18(22)5-4-14-10-15(23-3)19-16(11-14)24-8-9-25-19/h4-5,10-11,13H,6-9,12H2,1-3H3,(H,20,21)/b5-4+. The Hall–Kier alpha value is -2.70. The highest BCUT2D eigenvalue weighted by atomic mass is 16.6. The molecule has 1 heterocycles. The predicted molar refractivity (Wildman–Crippen MR) is 96.4 cm³/mol. The van der Waals surface area contributed by atoms with E-state index >= 15 is 0 Å². The van der Waals surface area contributed by atoms with Crippen LogP contribution in [0.4, 0.5) is 0 Å². The minimum absolute atomic E-state index is 0.300. The van der Waals surface area contributed by atoms with Crippen LogP contribution in [0.2, 0.25) is 0 Å². The number of benzene rings is 1. The molecule has 0 aromatic heterocycles. The number of amides is 1. The van der Waals surface area contributed by atoms with E-state index in [1.165, 1.54) is 13.2 Å². The molecule has 7 nitrogen and oxygen atoms in total. The van der Waals surface area contributed by atoms with E-state index in [1.807, 2.05) is 0 Å². The van der Waals surface area contributed by atoms with Gasteiger partial charge in [0, 0.05) is 12.6 Å². The quantitative estimate of drug-likeness (QED) is 0.563. The highest BCUT2D eigenvalue weighted by molar-refractivity contribution is 5.89. The van der Waals surface area contributed by atoms with Gasteiger partial charge in [0.15, 0.2) is 18.1 Å². The summed E-state index contributed by atoms with van der Waals surface area (Å²) in [6.45, 7) is 5.34. The molecule has 0 saturated heterocycles. The Balaban J connectivity index is 1.87. The van der Waals surface area contributed by atoms with Crippen LogP contribution in [-0.4, -0.2) is 45.4 Å². The second-order valence-electron chi connectivity index (χ2n) is 6.22. The molecule has 0 unspecified atom stereocenters. The number of carbonyl (C=O) groups excluding carboxylic acids is 2. The van der Waals surface area contributed by atoms with Crippen molar-refractivity contribution in [3.63, 3.8) is 0 Å². The molecule has 26 heavy (non-hydrogen) atoms. The summed E-state index contributed by atoms with van der Waals surface area (Å²) in [5, 5.41) is 2.71. The molecule has 0 atom stereocenters. The first-order valence-corrected chi connectivity index (χ1v) is 8.58. The van der Waals surface area contributed by atoms with Gasteiger partial charge in [-0.15, -0.1) is 0 Å². The van der Waals surface area contributed by atoms with E-state index < -0.39 is 5.97 Å². The largest absolute Gasteiger partial charge is 0.493 e. The summed E-state index contributed by atoms with van der Waals surface area (Å²) in [6, 6.07) is 3.48. The zero-order valence-corrected chi connectivity index (χ0v) is 15.4. The van der Waals surface area contributed by atoms with Gasteiger partial charge in [0.2, 0.25) is 5.75 Å². The van der Waals surface area contributed by atoms with E-state index in [4.69, 9.17) is 18.9 Å². The van der Waals surface area contributed by atoms with E-state index in [2.05, 4.69) is 19.2 Å². The summed E-state index contributed by atoms with van der Waals surface area (Å²) in [7, 11) is 1.53. The molecule has 1 aromatic rings. The van der Waals surface area contributed by atoms with E-state index in [9.17, 15) is 9.59 Å². The molecule has 0 spiro atoms. The number of hydrogen-bond donors (Lipinski definition) is 1. The van der Waals surface area contributed by atoms with E-state index in [1.54, 1.807) is 18.2 Å². The highest BCUT2D eigenvalue weighted by Crippen LogP contribution is 2.40. The van der Waals surface area contributed by atoms with Crippen molar-refractivity contribution >= 4 is 18.0 Å². The third kappa shape index (κ3) is 5.98. The number of fused-ring (bicyclic) bond motifs is 1. The molecule has 0 saturated carbocycles. The van der Waals surface area contributed by atoms with Crippen molar-refractivity contribution in [1.82, 2.24) is 5.32 Å². The number of methoxy groups -OCH3 is 1. The Labute approximate surface area is 153 Å². The van der Waals surface area contributed by atoms with Crippen LogP contribution in [0.1, 0.15) is 25.8 Å². The second-order valence-corrected chi connectivity index (χ2v) is 6.22. The number of esters is 1. The van der Waals surface area contributed by atoms with Crippen molar-refractivity contribution in [2.45, 2.75) is 20.3 Å². The third-order valence-corrected chi connectivity index (χ3v) is 3.65. The number of rotatable bonds is 8. The van der Waals surface area contributed by atoms with Gasteiger partial charge >= 0.3 is 5.97 Å². The smallest absolute Gasteiger partial charge is 0.331 e. The van der Waals surface area contributed by atoms with Crippen LogP contribution in [-0.2, 0) is 14.3 Å². The van der Waals surface area contributed by atoms with Crippen LogP contribution in [0.15, 0.2) is 18.2 Å². The second kappa shape index (κ2) is 9.70. The molecule has 1 amide bonds. The van der Waals surface area contributed by atoms with Crippen molar-refractivity contribution in [3.05, 3.63) is 23.8 Å². The molecule has 142 valence electrons. The Bertz CT molecular complexity index is 651. The molecular weight excluding hydrogens is 338 g/mol. The van der Waals surface area contributed by atoms with Gasteiger partial charge in [-0.25, -0.2) is 4.79 Å². The van der Waals surface area contributed by atoms with Crippen LogP contribution >= 0.6 is 0 Å². The molecule has 0 aliphatic carbocycles. The minimum atomic E-state index is -0.599. The average molecular weight is 363 g/mol. The van der Waals surface area contributed by atoms with Crippen LogP contribution in [0.3, 0.4) is 0 Å². The molecule has 1 N–H and O–H groups in total. The number of nitrogens with one attached hydrogen (secondary N) is 1. The van der Waals surface area contributed by atoms with Gasteiger partial charge in [0.25, 0.3) is 5.91 Å². The van der Waals surface area contributed by atoms with Gasteiger partial charge in [-0.05, 0) is 36.1 Å². The molecule has 1 aliphatic heterocycles. The topological polar surface area (TPSA) is 83.1 Å². The maximum atomic E-state index is 11.8. The maximum Gasteiger partial charge on any atom is 0.331 e. The van der Waals surface area contributed by atoms with Crippen molar-refractivity contribution in [1.29, 1.82) is 0 Å². The van der Waals surface area contributed by atoms with E-state index in [0.717, 1.165) is 6.42 Å². The summed E-state index contributed by atoms with van der Waals surface area (Å²) < 4.78 is 21.3. The Morgan fingerprint density at radius 2 is 2.04 bits per heavy atom. The van der Waals surface area contributed by atoms with Crippen molar-refractivity contribution in [3.8, 4) is 17.2 Å². The Morgan fingerprint density at radius 3 is 2.77 bits per heavy atom. The van der Waals surface area contributed by atoms with Gasteiger partial charge in [-0.1, -0.05) is 13.8 Å². The van der Waals surface area contributed by atoms with Gasteiger partial charge in [0.05, 0.1) is 7.11 Å². The summed E-state index contributed by atoms with van der Waals surface area (Å²) in [5.41, 5.74) is 0.699. The summed E-state index contributed by atoms with van der Waals surface area (Å²) in [6.07, 6.45) is 3.71. The Kier molecular flexibility index (Phi) is 7.32. The molecule has 0 bridgehead atoms. The molecule has 7 heteroatoms. The molecule has 1 aliphatic rings. The first-order valence-electron chi connectivity index (χ1n) is 8.58. The first-order chi connectivity index (χ1) is 12.5. The van der Waals surface area contributed by atoms with E-state index in [0.29, 0.717) is 48.5 Å². The zero-order valence-electron chi connectivity index (χ0n) is 15.4. The summed E-state index contributed by atoms with van der Waals surface area (Å²) in [4.78, 5) is 23.4. The minimum Gasteiger partial charge on any atom is -0.493 e. The number of carbonyl (C=O) groups is 2. The highest BCUT2D eigenvalue weighted by Gasteiger charge is 2.17. The average Bonchev–Trinajstić information content (AvgIpc) is 2.63. The molecule has 0 radical (unpaired) electrons. The predicted octanol–water partition coefficient (Wildman–Crippen LogP) is 2.19. The summed E-state index contributed by atoms with van der Waals surface area (Å²) in [5.74, 6) is 1.24. The van der Waals surface area contributed by atoms with Gasteiger partial charge < -0.3 is 24.3 Å². The van der Waals surface area contributed by atoms with Crippen LogP contribution < -0.4 is 19.5 Å². The van der Waals surface area contributed by atoms with Crippen LogP contribution in [0, 0.1) is 5.92 Å². The van der Waals surface area contributed by atoms with Crippen LogP contribution in [0.25, 0.3) is 6.08 Å². The van der Waals surface area contributed by atoms with E-state index in [-0.39, 0.29) is 12.5 Å². The molecule has 1 aromatic carbocycles. The fraction of sp³-hybridized carbons (Fsp3) is 0.474. The van der Waals surface area contributed by atoms with Crippen molar-refractivity contribution in [2.24, 2.45) is 5.92 Å². The molecular formula is C19H25NO6. The van der Waals surface area contributed by atoms with Gasteiger partial charge in [-0.3, -0.25) is 4.79 Å². The fourth-order valence-corrected chi connectivity index (χ4v) is 2.29. The lowest BCUT2D eigenvalue weighted by molar-refractivity contribution is -0.143. The van der Waals surface area contributed by atoms with Crippen molar-refractivity contribution in [2.75, 3.05) is 33.5 Å². The van der Waals surface area contributed by atoms with Gasteiger partial charge in [-0.2, -0.15) is 0 Å². The monoisotopic (exact) mass is 363 g/mol. The summed E-state index contributed by atoms with van der Waals surface area (Å²) >= 11 is 0. The Morgan fingerprint density at radius 1 is 1.27 bits per heavy atom. The lowest BCUT2D eigenvalue weighted by Gasteiger charge is -2.20. The zero-order chi connectivity index (χ0) is 18.9. The third-order valence-electron chi connectivity index (χ3n) is 3.65. The number of ether oxygens (including phenoxy) is 4. The molecule has 2 rings (SSSR count). The lowest BCUT2D eigenvalue weighted by atomic mass is 10.1. The first kappa shape index (κ1) is 19.6. The molecule has 0 fully saturated rings. The van der Waals surface area contributed by atoms with Crippen molar-refractivity contribution < 1.29 is 28.5 Å². The van der Waals surface area contributed by atoms with Crippen LogP contribution in [0.5, 0.6) is 17.2 Å². The maximum absolute atomic E-state index is 11.8. The number of hydrogen-bond acceptors (Lipinski definition) is 6.